The highest BCUT2D eigenvalue weighted by Gasteiger charge is 2.55. The lowest BCUT2D eigenvalue weighted by molar-refractivity contribution is -0.271. The van der Waals surface area contributed by atoms with E-state index < -0.39 is 57.4 Å². The Morgan fingerprint density at radius 3 is 2.24 bits per heavy atom. The van der Waals surface area contributed by atoms with Gasteiger partial charge in [-0.2, -0.15) is 13.2 Å². The molecule has 0 fully saturated rings. The Bertz CT molecular complexity index is 1280. The van der Waals surface area contributed by atoms with Crippen LogP contribution in [0.5, 0.6) is 0 Å². The molecule has 0 aromatic heterocycles. The zero-order valence-corrected chi connectivity index (χ0v) is 21.8. The second-order valence-electron chi connectivity index (χ2n) is 10.0. The van der Waals surface area contributed by atoms with Crippen molar-refractivity contribution in [2.75, 3.05) is 24.6 Å². The first-order valence-corrected chi connectivity index (χ1v) is 13.1. The fourth-order valence-electron chi connectivity index (χ4n) is 4.47. The van der Waals surface area contributed by atoms with E-state index in [-0.39, 0.29) is 42.0 Å². The maximum absolute atomic E-state index is 13.7. The van der Waals surface area contributed by atoms with Crippen LogP contribution >= 0.6 is 0 Å². The molecule has 0 bridgehead atoms. The van der Waals surface area contributed by atoms with Crippen molar-refractivity contribution in [2.45, 2.75) is 61.4 Å². The Kier molecular flexibility index (Phi) is 8.17. The monoisotopic (exact) mass is 564 g/mol. The van der Waals surface area contributed by atoms with Crippen molar-refractivity contribution in [1.29, 1.82) is 0 Å². The van der Waals surface area contributed by atoms with Crippen molar-refractivity contribution in [3.8, 4) is 0 Å². The van der Waals surface area contributed by atoms with Gasteiger partial charge in [-0.1, -0.05) is 12.1 Å². The number of alkyl halides is 4. The number of halogens is 5. The van der Waals surface area contributed by atoms with Crippen LogP contribution in [-0.4, -0.2) is 67.5 Å². The van der Waals surface area contributed by atoms with Crippen LogP contribution in [0.15, 0.2) is 47.4 Å². The molecule has 38 heavy (non-hydrogen) atoms. The summed E-state index contributed by atoms with van der Waals surface area (Å²) < 4.78 is 95.6. The Labute approximate surface area is 217 Å². The number of benzene rings is 2. The first-order chi connectivity index (χ1) is 17.4. The summed E-state index contributed by atoms with van der Waals surface area (Å²) in [5.41, 5.74) is -5.74. The smallest absolute Gasteiger partial charge is 0.389 e. The number of anilines is 1. The molecule has 1 unspecified atom stereocenters. The van der Waals surface area contributed by atoms with Gasteiger partial charge in [-0.25, -0.2) is 17.2 Å². The molecule has 0 radical (unpaired) electrons. The Balaban J connectivity index is 2.09. The van der Waals surface area contributed by atoms with E-state index in [1.807, 2.05) is 0 Å². The molecule has 1 aliphatic rings. The number of amides is 1. The second kappa shape index (κ2) is 10.4. The third-order valence-electron chi connectivity index (χ3n) is 6.37. The predicted molar refractivity (Wildman–Crippen MR) is 129 cm³/mol. The summed E-state index contributed by atoms with van der Waals surface area (Å²) >= 11 is 0. The minimum Gasteiger partial charge on any atom is -0.389 e. The second-order valence-corrected chi connectivity index (χ2v) is 11.9. The van der Waals surface area contributed by atoms with Gasteiger partial charge in [0.2, 0.25) is 11.5 Å². The molecule has 0 aliphatic carbocycles. The zero-order valence-electron chi connectivity index (χ0n) is 21.0. The van der Waals surface area contributed by atoms with E-state index in [1.165, 1.54) is 25.8 Å². The lowest BCUT2D eigenvalue weighted by atomic mass is 9.88. The Morgan fingerprint density at radius 2 is 1.71 bits per heavy atom. The number of nitrogens with zero attached hydrogens (tertiary/aromatic N) is 2. The van der Waals surface area contributed by atoms with E-state index in [0.29, 0.717) is 0 Å². The van der Waals surface area contributed by atoms with Crippen molar-refractivity contribution in [2.24, 2.45) is 0 Å². The summed E-state index contributed by atoms with van der Waals surface area (Å²) in [7, 11) is -3.00. The van der Waals surface area contributed by atoms with Crippen molar-refractivity contribution >= 4 is 21.6 Å². The van der Waals surface area contributed by atoms with Gasteiger partial charge in [0.05, 0.1) is 22.2 Å². The lowest BCUT2D eigenvalue weighted by Crippen LogP contribution is -2.48. The van der Waals surface area contributed by atoms with Gasteiger partial charge in [-0.3, -0.25) is 9.10 Å². The third-order valence-corrected chi connectivity index (χ3v) is 8.25. The molecule has 3 rings (SSSR count). The average molecular weight is 565 g/mol. The fraction of sp³-hybridized carbons (Fsp3) is 0.480. The van der Waals surface area contributed by atoms with Crippen LogP contribution < -0.4 is 4.31 Å². The number of aliphatic hydroxyl groups is 2. The minimum atomic E-state index is -5.33. The standard InChI is InChI=1S/C25H29F5N2O5S/c1-23(2,34)15-31(3)22(33)13-19-8-4-16-12-17(24(35,14-26)25(28,29)30)5-11-21(16)32(19)38(36,37)20-9-6-18(27)7-10-20/h5-7,9-12,19,34-35H,4,8,13-15H2,1-3H3/t19-,24?/m0/s1. The van der Waals surface area contributed by atoms with Crippen LogP contribution in [0.25, 0.3) is 0 Å². The molecule has 13 heteroatoms. The highest BCUT2D eigenvalue weighted by Crippen LogP contribution is 2.43. The van der Waals surface area contributed by atoms with E-state index >= 15 is 0 Å². The van der Waals surface area contributed by atoms with Gasteiger partial charge in [0.15, 0.2) is 0 Å². The molecule has 1 amide bonds. The van der Waals surface area contributed by atoms with Gasteiger partial charge in [0, 0.05) is 20.0 Å². The SMILES string of the molecule is CN(CC(C)(C)O)C(=O)C[C@@H]1CCc2cc(C(O)(CF)C(F)(F)F)ccc2N1S(=O)(=O)c1ccc(F)cc1. The van der Waals surface area contributed by atoms with Crippen LogP contribution in [0.2, 0.25) is 0 Å². The molecule has 1 heterocycles. The largest absolute Gasteiger partial charge is 0.424 e. The number of sulfonamides is 1. The van der Waals surface area contributed by atoms with Crippen LogP contribution in [0.3, 0.4) is 0 Å². The number of aryl methyl sites for hydroxylation is 1. The molecular formula is C25H29F5N2O5S. The molecule has 2 atom stereocenters. The summed E-state index contributed by atoms with van der Waals surface area (Å²) in [6, 6.07) is 5.69. The van der Waals surface area contributed by atoms with Crippen molar-refractivity contribution in [3.05, 3.63) is 59.4 Å². The van der Waals surface area contributed by atoms with Crippen LogP contribution in [0, 0.1) is 5.82 Å². The van der Waals surface area contributed by atoms with Crippen molar-refractivity contribution < 1.29 is 45.4 Å². The number of carbonyl (C=O) groups is 1. The van der Waals surface area contributed by atoms with E-state index in [2.05, 4.69) is 0 Å². The molecule has 2 aromatic rings. The minimum absolute atomic E-state index is 0.0129. The normalized spacial score (nSPS) is 18.1. The number of likely N-dealkylation sites (N-methyl/N-ethyl adjacent to an activating group) is 1. The van der Waals surface area contributed by atoms with Gasteiger partial charge in [0.25, 0.3) is 10.0 Å². The summed E-state index contributed by atoms with van der Waals surface area (Å²) in [4.78, 5) is 13.9. The molecule has 2 N–H and O–H groups in total. The lowest BCUT2D eigenvalue weighted by Gasteiger charge is -2.39. The number of fused-ring (bicyclic) bond motifs is 1. The van der Waals surface area contributed by atoms with Gasteiger partial charge in [-0.15, -0.1) is 0 Å². The van der Waals surface area contributed by atoms with Gasteiger partial charge in [-0.05, 0) is 68.1 Å². The highest BCUT2D eigenvalue weighted by atomic mass is 32.2. The fourth-order valence-corrected chi connectivity index (χ4v) is 6.18. The first-order valence-electron chi connectivity index (χ1n) is 11.7. The first kappa shape index (κ1) is 29.8. The number of hydrogen-bond donors (Lipinski definition) is 2. The third kappa shape index (κ3) is 5.94. The van der Waals surface area contributed by atoms with Crippen LogP contribution in [0.1, 0.15) is 37.8 Å². The predicted octanol–water partition coefficient (Wildman–Crippen LogP) is 3.67. The average Bonchev–Trinajstić information content (AvgIpc) is 2.81. The molecule has 0 spiro atoms. The Morgan fingerprint density at radius 1 is 1.11 bits per heavy atom. The van der Waals surface area contributed by atoms with Gasteiger partial charge in [0.1, 0.15) is 12.5 Å². The topological polar surface area (TPSA) is 98.1 Å². The van der Waals surface area contributed by atoms with Crippen molar-refractivity contribution in [1.82, 2.24) is 4.90 Å². The van der Waals surface area contributed by atoms with Crippen molar-refractivity contribution in [3.63, 3.8) is 0 Å². The molecule has 7 nitrogen and oxygen atoms in total. The number of carbonyl (C=O) groups excluding carboxylic acids is 1. The van der Waals surface area contributed by atoms with Gasteiger partial charge < -0.3 is 15.1 Å². The molecule has 0 saturated heterocycles. The summed E-state index contributed by atoms with van der Waals surface area (Å²) in [5.74, 6) is -1.18. The highest BCUT2D eigenvalue weighted by molar-refractivity contribution is 7.92. The molecule has 2 aromatic carbocycles. The summed E-state index contributed by atoms with van der Waals surface area (Å²) in [5, 5.41) is 20.1. The summed E-state index contributed by atoms with van der Waals surface area (Å²) in [6.07, 6.45) is -5.60. The summed E-state index contributed by atoms with van der Waals surface area (Å²) in [6.45, 7) is 0.812. The van der Waals surface area contributed by atoms with E-state index in [0.717, 1.165) is 46.8 Å². The molecule has 1 aliphatic heterocycles. The zero-order chi connectivity index (χ0) is 28.7. The maximum Gasteiger partial charge on any atom is 0.424 e. The number of rotatable bonds is 8. The Hall–Kier alpha value is -2.77. The van der Waals surface area contributed by atoms with Crippen LogP contribution in [0.4, 0.5) is 27.6 Å². The molecular weight excluding hydrogens is 535 g/mol. The molecule has 0 saturated carbocycles. The number of hydrogen-bond acceptors (Lipinski definition) is 5. The van der Waals surface area contributed by atoms with Crippen LogP contribution in [-0.2, 0) is 26.8 Å². The quantitative estimate of drug-likeness (QED) is 0.477. The van der Waals surface area contributed by atoms with E-state index in [9.17, 15) is 45.4 Å². The van der Waals surface area contributed by atoms with Gasteiger partial charge >= 0.3 is 6.18 Å². The van der Waals surface area contributed by atoms with E-state index in [1.54, 1.807) is 0 Å². The van der Waals surface area contributed by atoms with E-state index in [4.69, 9.17) is 0 Å². The maximum atomic E-state index is 13.7. The molecule has 210 valence electrons.